The highest BCUT2D eigenvalue weighted by Crippen LogP contribution is 2.51. The Kier molecular flexibility index (Phi) is 2.33. The lowest BCUT2D eigenvalue weighted by atomic mass is 9.67. The summed E-state index contributed by atoms with van der Waals surface area (Å²) < 4.78 is 11.3. The maximum Gasteiger partial charge on any atom is 0.129 e. The predicted octanol–water partition coefficient (Wildman–Crippen LogP) is 2.68. The Balaban J connectivity index is 1.93. The average Bonchev–Trinajstić information content (AvgIpc) is 2.26. The first-order chi connectivity index (χ1) is 8.12. The first kappa shape index (κ1) is 10.9. The Morgan fingerprint density at radius 2 is 2.12 bits per heavy atom. The average molecular weight is 234 g/mol. The fraction of sp³-hybridized carbons (Fsp3) is 0.571. The van der Waals surface area contributed by atoms with Crippen LogP contribution in [0.1, 0.15) is 37.9 Å². The molecule has 1 aromatic carbocycles. The number of hydrogen-bond acceptors (Lipinski definition) is 3. The third-order valence-corrected chi connectivity index (χ3v) is 3.91. The summed E-state index contributed by atoms with van der Waals surface area (Å²) in [7, 11) is 1.64. The second-order valence-electron chi connectivity index (χ2n) is 5.42. The van der Waals surface area contributed by atoms with E-state index in [1.165, 1.54) is 0 Å². The van der Waals surface area contributed by atoms with Gasteiger partial charge in [0.1, 0.15) is 17.1 Å². The van der Waals surface area contributed by atoms with Crippen LogP contribution in [0.25, 0.3) is 0 Å². The Morgan fingerprint density at radius 1 is 1.35 bits per heavy atom. The van der Waals surface area contributed by atoms with Crippen LogP contribution in [0.3, 0.4) is 0 Å². The minimum atomic E-state index is -0.405. The Bertz CT molecular complexity index is 435. The molecule has 1 aliphatic heterocycles. The van der Waals surface area contributed by atoms with Gasteiger partial charge in [-0.3, -0.25) is 0 Å². The van der Waals surface area contributed by atoms with E-state index in [0.29, 0.717) is 5.92 Å². The number of aliphatic hydroxyl groups excluding tert-OH is 1. The van der Waals surface area contributed by atoms with Crippen LogP contribution in [0.2, 0.25) is 0 Å². The molecule has 1 aromatic rings. The summed E-state index contributed by atoms with van der Waals surface area (Å²) in [6.45, 7) is 2.22. The summed E-state index contributed by atoms with van der Waals surface area (Å²) >= 11 is 0. The second kappa shape index (κ2) is 3.64. The molecule has 3 rings (SSSR count). The van der Waals surface area contributed by atoms with Gasteiger partial charge in [0.2, 0.25) is 0 Å². The van der Waals surface area contributed by atoms with Crippen LogP contribution in [0.4, 0.5) is 0 Å². The molecule has 1 atom stereocenters. The fourth-order valence-corrected chi connectivity index (χ4v) is 3.20. The van der Waals surface area contributed by atoms with E-state index < -0.39 is 6.10 Å². The molecule has 0 saturated heterocycles. The van der Waals surface area contributed by atoms with E-state index in [-0.39, 0.29) is 5.60 Å². The van der Waals surface area contributed by atoms with E-state index >= 15 is 0 Å². The summed E-state index contributed by atoms with van der Waals surface area (Å²) in [5, 5.41) is 10.2. The zero-order valence-corrected chi connectivity index (χ0v) is 10.3. The highest BCUT2D eigenvalue weighted by Gasteiger charge is 2.48. The normalized spacial score (nSPS) is 34.8. The van der Waals surface area contributed by atoms with E-state index in [1.54, 1.807) is 7.11 Å². The van der Waals surface area contributed by atoms with Crippen molar-refractivity contribution in [3.63, 3.8) is 0 Å². The highest BCUT2D eigenvalue weighted by molar-refractivity contribution is 5.44. The van der Waals surface area contributed by atoms with Crippen LogP contribution in [-0.4, -0.2) is 17.8 Å². The topological polar surface area (TPSA) is 38.7 Å². The van der Waals surface area contributed by atoms with Crippen LogP contribution in [0.5, 0.6) is 11.5 Å². The summed E-state index contributed by atoms with van der Waals surface area (Å²) in [4.78, 5) is 0. The van der Waals surface area contributed by atoms with Gasteiger partial charge in [0.15, 0.2) is 0 Å². The molecule has 2 aliphatic rings. The van der Waals surface area contributed by atoms with Crippen molar-refractivity contribution < 1.29 is 14.6 Å². The summed E-state index contributed by atoms with van der Waals surface area (Å²) in [6, 6.07) is 5.64. The van der Waals surface area contributed by atoms with Crippen molar-refractivity contribution in [3.8, 4) is 11.5 Å². The molecule has 3 heteroatoms. The van der Waals surface area contributed by atoms with Gasteiger partial charge in [0.25, 0.3) is 0 Å². The molecule has 17 heavy (non-hydrogen) atoms. The molecule has 1 aliphatic carbocycles. The minimum Gasteiger partial charge on any atom is -0.497 e. The number of benzene rings is 1. The van der Waals surface area contributed by atoms with Crippen molar-refractivity contribution >= 4 is 0 Å². The van der Waals surface area contributed by atoms with Gasteiger partial charge >= 0.3 is 0 Å². The zero-order valence-electron chi connectivity index (χ0n) is 10.3. The predicted molar refractivity (Wildman–Crippen MR) is 64.3 cm³/mol. The van der Waals surface area contributed by atoms with Crippen LogP contribution >= 0.6 is 0 Å². The summed E-state index contributed by atoms with van der Waals surface area (Å²) in [6.07, 6.45) is 2.40. The molecule has 1 N–H and O–H groups in total. The lowest BCUT2D eigenvalue weighted by Gasteiger charge is -2.50. The second-order valence-corrected chi connectivity index (χ2v) is 5.42. The molecule has 1 heterocycles. The first-order valence-electron chi connectivity index (χ1n) is 6.17. The standard InChI is InChI=1S/C14H18O3/c1-9-6-14(7-9)8-12(15)11-4-3-10(16-2)5-13(11)17-14/h3-5,9,12,15H,6-8H2,1-2H3/t9?,12-,14?/m0/s1. The number of fused-ring (bicyclic) bond motifs is 1. The summed E-state index contributed by atoms with van der Waals surface area (Å²) in [5.41, 5.74) is 0.758. The molecule has 0 radical (unpaired) electrons. The van der Waals surface area contributed by atoms with Gasteiger partial charge < -0.3 is 14.6 Å². The van der Waals surface area contributed by atoms with E-state index in [2.05, 4.69) is 6.92 Å². The van der Waals surface area contributed by atoms with Crippen molar-refractivity contribution in [1.29, 1.82) is 0 Å². The molecule has 0 bridgehead atoms. The van der Waals surface area contributed by atoms with E-state index in [9.17, 15) is 5.11 Å². The van der Waals surface area contributed by atoms with Crippen LogP contribution in [0.15, 0.2) is 18.2 Å². The van der Waals surface area contributed by atoms with Gasteiger partial charge in [-0.05, 0) is 30.9 Å². The smallest absolute Gasteiger partial charge is 0.129 e. The molecule has 1 fully saturated rings. The molecule has 0 unspecified atom stereocenters. The monoisotopic (exact) mass is 234 g/mol. The molecule has 3 nitrogen and oxygen atoms in total. The highest BCUT2D eigenvalue weighted by atomic mass is 16.5. The van der Waals surface area contributed by atoms with E-state index in [1.807, 2.05) is 18.2 Å². The van der Waals surface area contributed by atoms with Crippen LogP contribution in [0, 0.1) is 5.92 Å². The first-order valence-corrected chi connectivity index (χ1v) is 6.17. The Hall–Kier alpha value is -1.22. The molecule has 1 spiro atoms. The quantitative estimate of drug-likeness (QED) is 0.812. The van der Waals surface area contributed by atoms with Gasteiger partial charge in [-0.15, -0.1) is 0 Å². The van der Waals surface area contributed by atoms with Gasteiger partial charge in [-0.1, -0.05) is 6.92 Å². The number of rotatable bonds is 1. The number of ether oxygens (including phenoxy) is 2. The lowest BCUT2D eigenvalue weighted by molar-refractivity contribution is -0.0926. The number of methoxy groups -OCH3 is 1. The molecular formula is C14H18O3. The third-order valence-electron chi connectivity index (χ3n) is 3.91. The Morgan fingerprint density at radius 3 is 2.76 bits per heavy atom. The molecule has 0 amide bonds. The molecular weight excluding hydrogens is 216 g/mol. The SMILES string of the molecule is COc1ccc2c(c1)OC1(CC(C)C1)C[C@@H]2O. The fourth-order valence-electron chi connectivity index (χ4n) is 3.20. The molecule has 92 valence electrons. The van der Waals surface area contributed by atoms with Crippen LogP contribution < -0.4 is 9.47 Å². The van der Waals surface area contributed by atoms with Gasteiger partial charge in [-0.2, -0.15) is 0 Å². The maximum atomic E-state index is 10.2. The maximum absolute atomic E-state index is 10.2. The summed E-state index contributed by atoms with van der Waals surface area (Å²) in [5.74, 6) is 2.27. The van der Waals surface area contributed by atoms with Crippen LogP contribution in [-0.2, 0) is 0 Å². The Labute approximate surface area is 101 Å². The minimum absolute atomic E-state index is 0.127. The largest absolute Gasteiger partial charge is 0.497 e. The van der Waals surface area contributed by atoms with Crippen molar-refractivity contribution in [2.45, 2.75) is 37.9 Å². The van der Waals surface area contributed by atoms with Gasteiger partial charge in [-0.25, -0.2) is 0 Å². The van der Waals surface area contributed by atoms with Crippen molar-refractivity contribution in [3.05, 3.63) is 23.8 Å². The molecule has 1 saturated carbocycles. The number of aliphatic hydroxyl groups is 1. The van der Waals surface area contributed by atoms with Crippen molar-refractivity contribution in [1.82, 2.24) is 0 Å². The number of hydrogen-bond donors (Lipinski definition) is 1. The van der Waals surface area contributed by atoms with Gasteiger partial charge in [0, 0.05) is 18.1 Å². The van der Waals surface area contributed by atoms with Crippen molar-refractivity contribution in [2.75, 3.05) is 7.11 Å². The molecule has 0 aromatic heterocycles. The van der Waals surface area contributed by atoms with E-state index in [4.69, 9.17) is 9.47 Å². The van der Waals surface area contributed by atoms with Crippen molar-refractivity contribution in [2.24, 2.45) is 5.92 Å². The van der Waals surface area contributed by atoms with E-state index in [0.717, 1.165) is 36.3 Å². The third kappa shape index (κ3) is 1.69. The van der Waals surface area contributed by atoms with Gasteiger partial charge in [0.05, 0.1) is 13.2 Å². The zero-order chi connectivity index (χ0) is 12.0. The lowest BCUT2D eigenvalue weighted by Crippen LogP contribution is -2.51.